The second-order valence-corrected chi connectivity index (χ2v) is 11.3. The summed E-state index contributed by atoms with van der Waals surface area (Å²) in [6, 6.07) is 10.1. The number of ether oxygens (including phenoxy) is 1. The third-order valence-corrected chi connectivity index (χ3v) is 9.29. The molecule has 4 heterocycles. The monoisotopic (exact) mass is 481 g/mol. The Kier molecular flexibility index (Phi) is 7.38. The van der Waals surface area contributed by atoms with E-state index < -0.39 is 0 Å². The van der Waals surface area contributed by atoms with Gasteiger partial charge in [0.15, 0.2) is 0 Å². The molecule has 3 unspecified atom stereocenters. The zero-order valence-corrected chi connectivity index (χ0v) is 21.7. The zero-order chi connectivity index (χ0) is 24.4. The fourth-order valence-corrected chi connectivity index (χ4v) is 7.42. The third-order valence-electron chi connectivity index (χ3n) is 9.29. The fourth-order valence-electron chi connectivity index (χ4n) is 7.42. The van der Waals surface area contributed by atoms with Crippen LogP contribution in [0.4, 0.5) is 4.79 Å². The topological polar surface area (TPSA) is 53.1 Å². The summed E-state index contributed by atoms with van der Waals surface area (Å²) in [5, 5.41) is 0. The Bertz CT molecular complexity index is 910. The van der Waals surface area contributed by atoms with Gasteiger partial charge in [0.25, 0.3) is 0 Å². The minimum atomic E-state index is -0.107. The summed E-state index contributed by atoms with van der Waals surface area (Å²) in [7, 11) is 0. The minimum absolute atomic E-state index is 0.0773. The van der Waals surface area contributed by atoms with Crippen LogP contribution >= 0.6 is 0 Å². The molecule has 192 valence electrons. The van der Waals surface area contributed by atoms with E-state index in [-0.39, 0.29) is 11.5 Å². The lowest BCUT2D eigenvalue weighted by molar-refractivity contribution is -0.134. The number of benzene rings is 1. The van der Waals surface area contributed by atoms with Crippen molar-refractivity contribution in [2.45, 2.75) is 108 Å². The van der Waals surface area contributed by atoms with E-state index in [4.69, 9.17) is 4.74 Å². The molecular weight excluding hydrogens is 438 g/mol. The van der Waals surface area contributed by atoms with Crippen LogP contribution in [0.25, 0.3) is 0 Å². The molecule has 3 atom stereocenters. The first kappa shape index (κ1) is 24.6. The molecule has 2 amide bonds. The lowest BCUT2D eigenvalue weighted by Gasteiger charge is -2.50. The molecule has 6 heteroatoms. The highest BCUT2D eigenvalue weighted by molar-refractivity contribution is 5.77. The molecule has 0 radical (unpaired) electrons. The summed E-state index contributed by atoms with van der Waals surface area (Å²) in [6.45, 7) is 8.28. The van der Waals surface area contributed by atoms with E-state index in [1.165, 1.54) is 17.5 Å². The summed E-state index contributed by atoms with van der Waals surface area (Å²) in [5.74, 6) is 0.321. The first-order chi connectivity index (χ1) is 17.0. The molecule has 4 aliphatic rings. The summed E-state index contributed by atoms with van der Waals surface area (Å²) in [5.41, 5.74) is 2.90. The second-order valence-electron chi connectivity index (χ2n) is 11.3. The quantitative estimate of drug-likeness (QED) is 0.588. The molecule has 0 N–H and O–H groups in total. The van der Waals surface area contributed by atoms with Crippen molar-refractivity contribution in [3.05, 3.63) is 35.4 Å². The van der Waals surface area contributed by atoms with Gasteiger partial charge in [-0.2, -0.15) is 0 Å². The standard InChI is InChI=1S/C29H43N3O3/c1-3-5-10-27(33)31-20-22-8-6-7-9-26(22)29(21-31)15-17-30(18-16-29)24-13-11-23-12-14-25(19-24)32(23)28(34)35-4-2/h6-9,23-25H,3-5,10-21H2,1-2H3. The molecule has 0 saturated carbocycles. The van der Waals surface area contributed by atoms with Crippen LogP contribution in [0.2, 0.25) is 0 Å². The van der Waals surface area contributed by atoms with Crippen LogP contribution in [0.3, 0.4) is 0 Å². The average molecular weight is 482 g/mol. The molecule has 6 nitrogen and oxygen atoms in total. The van der Waals surface area contributed by atoms with E-state index in [9.17, 15) is 9.59 Å². The van der Waals surface area contributed by atoms with Crippen LogP contribution in [0, 0.1) is 0 Å². The fraction of sp³-hybridized carbons (Fsp3) is 0.724. The molecule has 35 heavy (non-hydrogen) atoms. The Morgan fingerprint density at radius 1 is 1.00 bits per heavy atom. The summed E-state index contributed by atoms with van der Waals surface area (Å²) >= 11 is 0. The van der Waals surface area contributed by atoms with Crippen molar-refractivity contribution in [1.82, 2.24) is 14.7 Å². The van der Waals surface area contributed by atoms with Crippen LogP contribution in [0.15, 0.2) is 24.3 Å². The average Bonchev–Trinajstić information content (AvgIpc) is 3.17. The van der Waals surface area contributed by atoms with Crippen molar-refractivity contribution in [2.75, 3.05) is 26.2 Å². The molecule has 1 aromatic carbocycles. The van der Waals surface area contributed by atoms with Crippen LogP contribution in [0.5, 0.6) is 0 Å². The van der Waals surface area contributed by atoms with Gasteiger partial charge in [0, 0.05) is 43.1 Å². The number of carbonyl (C=O) groups excluding carboxylic acids is 2. The van der Waals surface area contributed by atoms with Crippen molar-refractivity contribution in [2.24, 2.45) is 0 Å². The van der Waals surface area contributed by atoms with E-state index in [0.29, 0.717) is 37.1 Å². The maximum Gasteiger partial charge on any atom is 0.410 e. The Balaban J connectivity index is 1.28. The highest BCUT2D eigenvalue weighted by atomic mass is 16.6. The van der Waals surface area contributed by atoms with Gasteiger partial charge in [-0.1, -0.05) is 37.6 Å². The number of likely N-dealkylation sites (tertiary alicyclic amines) is 1. The molecule has 4 aliphatic heterocycles. The van der Waals surface area contributed by atoms with Crippen LogP contribution in [0.1, 0.15) is 89.2 Å². The Morgan fingerprint density at radius 3 is 2.46 bits per heavy atom. The molecular formula is C29H43N3O3. The van der Waals surface area contributed by atoms with E-state index in [1.54, 1.807) is 0 Å². The molecule has 5 rings (SSSR count). The Hall–Kier alpha value is -2.08. The van der Waals surface area contributed by atoms with Gasteiger partial charge >= 0.3 is 6.09 Å². The van der Waals surface area contributed by atoms with Gasteiger partial charge in [-0.15, -0.1) is 0 Å². The van der Waals surface area contributed by atoms with Crippen molar-refractivity contribution in [1.29, 1.82) is 0 Å². The predicted octanol–water partition coefficient (Wildman–Crippen LogP) is 5.09. The number of hydrogen-bond donors (Lipinski definition) is 0. The van der Waals surface area contributed by atoms with Crippen LogP contribution in [-0.2, 0) is 21.5 Å². The molecule has 0 aromatic heterocycles. The number of amides is 2. The highest BCUT2D eigenvalue weighted by Crippen LogP contribution is 2.44. The van der Waals surface area contributed by atoms with Gasteiger partial charge in [-0.3, -0.25) is 4.79 Å². The number of nitrogens with zero attached hydrogens (tertiary/aromatic N) is 3. The third kappa shape index (κ3) is 4.83. The van der Waals surface area contributed by atoms with Crippen molar-refractivity contribution in [3.8, 4) is 0 Å². The van der Waals surface area contributed by atoms with Gasteiger partial charge in [-0.25, -0.2) is 4.79 Å². The summed E-state index contributed by atoms with van der Waals surface area (Å²) in [4.78, 5) is 32.6. The number of unbranched alkanes of at least 4 members (excludes halogenated alkanes) is 1. The van der Waals surface area contributed by atoms with Gasteiger partial charge in [0.2, 0.25) is 5.91 Å². The van der Waals surface area contributed by atoms with E-state index in [2.05, 4.69) is 45.9 Å². The van der Waals surface area contributed by atoms with E-state index >= 15 is 0 Å². The molecule has 1 spiro atoms. The first-order valence-corrected chi connectivity index (χ1v) is 14.1. The van der Waals surface area contributed by atoms with E-state index in [0.717, 1.165) is 77.5 Å². The molecule has 2 bridgehead atoms. The lowest BCUT2D eigenvalue weighted by Crippen LogP contribution is -2.55. The van der Waals surface area contributed by atoms with Crippen molar-refractivity contribution >= 4 is 12.0 Å². The highest BCUT2D eigenvalue weighted by Gasteiger charge is 2.46. The minimum Gasteiger partial charge on any atom is -0.450 e. The van der Waals surface area contributed by atoms with Gasteiger partial charge in [-0.05, 0) is 82.5 Å². The Morgan fingerprint density at radius 2 is 1.71 bits per heavy atom. The number of carbonyl (C=O) groups is 2. The van der Waals surface area contributed by atoms with Gasteiger partial charge in [0.05, 0.1) is 6.61 Å². The number of rotatable bonds is 5. The predicted molar refractivity (Wildman–Crippen MR) is 137 cm³/mol. The van der Waals surface area contributed by atoms with Gasteiger partial charge in [0.1, 0.15) is 0 Å². The van der Waals surface area contributed by atoms with E-state index in [1.807, 2.05) is 6.92 Å². The van der Waals surface area contributed by atoms with Crippen molar-refractivity contribution in [3.63, 3.8) is 0 Å². The lowest BCUT2D eigenvalue weighted by atomic mass is 9.68. The Labute approximate surface area is 211 Å². The normalized spacial score (nSPS) is 28.0. The number of piperidine rings is 1. The summed E-state index contributed by atoms with van der Waals surface area (Å²) < 4.78 is 5.40. The number of hydrogen-bond acceptors (Lipinski definition) is 4. The maximum atomic E-state index is 13.0. The SMILES string of the molecule is CCCCC(=O)N1Cc2ccccc2C2(CCN(C3CCC4CCC(C3)N4C(=O)OCC)CC2)C1. The zero-order valence-electron chi connectivity index (χ0n) is 21.7. The maximum absolute atomic E-state index is 13.0. The molecule has 1 aromatic rings. The van der Waals surface area contributed by atoms with Crippen LogP contribution < -0.4 is 0 Å². The number of fused-ring (bicyclic) bond motifs is 4. The smallest absolute Gasteiger partial charge is 0.410 e. The molecule has 3 saturated heterocycles. The van der Waals surface area contributed by atoms with Crippen LogP contribution in [-0.4, -0.2) is 71.1 Å². The first-order valence-electron chi connectivity index (χ1n) is 14.1. The molecule has 3 fully saturated rings. The van der Waals surface area contributed by atoms with Gasteiger partial charge < -0.3 is 19.4 Å². The largest absolute Gasteiger partial charge is 0.450 e. The molecule has 0 aliphatic carbocycles. The van der Waals surface area contributed by atoms with Crippen molar-refractivity contribution < 1.29 is 14.3 Å². The second kappa shape index (κ2) is 10.5. The summed E-state index contributed by atoms with van der Waals surface area (Å²) in [6.07, 6.45) is 10.4.